The zero-order valence-electron chi connectivity index (χ0n) is 13.7. The molecular weight excluding hydrogens is 328 g/mol. The van der Waals surface area contributed by atoms with E-state index in [2.05, 4.69) is 10.2 Å². The largest absolute Gasteiger partial charge is 0.493 e. The number of carbonyl (C=O) groups excluding carboxylic acids is 1. The van der Waals surface area contributed by atoms with Gasteiger partial charge >= 0.3 is 0 Å². The summed E-state index contributed by atoms with van der Waals surface area (Å²) in [5.74, 6) is 2.26. The van der Waals surface area contributed by atoms with Gasteiger partial charge in [0.15, 0.2) is 0 Å². The van der Waals surface area contributed by atoms with Crippen LogP contribution in [0, 0.1) is 0 Å². The predicted molar refractivity (Wildman–Crippen MR) is 91.1 cm³/mol. The van der Waals surface area contributed by atoms with Crippen molar-refractivity contribution in [3.8, 4) is 5.75 Å². The molecule has 0 N–H and O–H groups in total. The molecule has 3 rings (SSSR count). The minimum absolute atomic E-state index is 0.139. The van der Waals surface area contributed by atoms with E-state index in [9.17, 15) is 4.79 Å². The van der Waals surface area contributed by atoms with Gasteiger partial charge in [0.1, 0.15) is 17.9 Å². The van der Waals surface area contributed by atoms with Crippen LogP contribution < -0.4 is 4.74 Å². The molecule has 0 unspecified atom stereocenters. The molecule has 0 aliphatic carbocycles. The summed E-state index contributed by atoms with van der Waals surface area (Å²) in [6.45, 7) is 1.90. The van der Waals surface area contributed by atoms with Crippen LogP contribution in [-0.4, -0.2) is 45.3 Å². The quantitative estimate of drug-likeness (QED) is 0.833. The van der Waals surface area contributed by atoms with E-state index in [1.54, 1.807) is 30.6 Å². The first-order valence-electron chi connectivity index (χ1n) is 8.13. The summed E-state index contributed by atoms with van der Waals surface area (Å²) in [5.41, 5.74) is 0. The van der Waals surface area contributed by atoms with Crippen molar-refractivity contribution in [1.29, 1.82) is 0 Å². The molecule has 2 aromatic rings. The minimum Gasteiger partial charge on any atom is -0.493 e. The van der Waals surface area contributed by atoms with E-state index in [4.69, 9.17) is 16.3 Å². The molecule has 2 heterocycles. The number of rotatable bonds is 5. The lowest BCUT2D eigenvalue weighted by Crippen LogP contribution is -2.38. The maximum atomic E-state index is 12.3. The van der Waals surface area contributed by atoms with Crippen molar-refractivity contribution < 1.29 is 9.53 Å². The number of aryl methyl sites for hydroxylation is 1. The van der Waals surface area contributed by atoms with Crippen molar-refractivity contribution in [3.05, 3.63) is 41.4 Å². The van der Waals surface area contributed by atoms with Crippen molar-refractivity contribution in [2.24, 2.45) is 7.05 Å². The van der Waals surface area contributed by atoms with Crippen molar-refractivity contribution in [2.75, 3.05) is 19.7 Å². The van der Waals surface area contributed by atoms with Crippen LogP contribution in [0.5, 0.6) is 5.75 Å². The number of ether oxygens (including phenoxy) is 1. The van der Waals surface area contributed by atoms with Crippen LogP contribution in [0.3, 0.4) is 0 Å². The average molecular weight is 349 g/mol. The summed E-state index contributed by atoms with van der Waals surface area (Å²) in [6.07, 6.45) is 3.96. The zero-order valence-corrected chi connectivity index (χ0v) is 14.4. The highest BCUT2D eigenvalue weighted by molar-refractivity contribution is 6.30. The lowest BCUT2D eigenvalue weighted by atomic mass is 9.96. The number of amides is 1. The Hall–Kier alpha value is -2.08. The number of aromatic nitrogens is 3. The Kier molecular flexibility index (Phi) is 5.35. The summed E-state index contributed by atoms with van der Waals surface area (Å²) in [7, 11) is 1.96. The Morgan fingerprint density at radius 1 is 1.29 bits per heavy atom. The van der Waals surface area contributed by atoms with E-state index in [1.807, 2.05) is 16.5 Å². The van der Waals surface area contributed by atoms with Crippen molar-refractivity contribution in [3.63, 3.8) is 0 Å². The monoisotopic (exact) mass is 348 g/mol. The number of carbonyl (C=O) groups is 1. The molecule has 24 heavy (non-hydrogen) atoms. The third-order valence-corrected chi connectivity index (χ3v) is 4.61. The molecule has 1 aliphatic rings. The van der Waals surface area contributed by atoms with Gasteiger partial charge in [-0.25, -0.2) is 0 Å². The van der Waals surface area contributed by atoms with Gasteiger partial charge < -0.3 is 14.2 Å². The van der Waals surface area contributed by atoms with Crippen molar-refractivity contribution >= 4 is 17.5 Å². The third kappa shape index (κ3) is 4.06. The molecule has 0 spiro atoms. The first kappa shape index (κ1) is 16.8. The maximum Gasteiger partial charge on any atom is 0.225 e. The standard InChI is InChI=1S/C17H21ClN4O2/c1-21-12-19-20-17(21)13-6-9-22(10-7-13)16(23)8-11-24-15-4-2-14(18)3-5-15/h2-5,12-13H,6-11H2,1H3. The normalized spacial score (nSPS) is 15.5. The van der Waals surface area contributed by atoms with Gasteiger partial charge in [0.2, 0.25) is 5.91 Å². The molecule has 6 nitrogen and oxygen atoms in total. The van der Waals surface area contributed by atoms with Gasteiger partial charge in [0.25, 0.3) is 0 Å². The summed E-state index contributed by atoms with van der Waals surface area (Å²) >= 11 is 5.83. The predicted octanol–water partition coefficient (Wildman–Crippen LogP) is 2.64. The van der Waals surface area contributed by atoms with Gasteiger partial charge in [-0.15, -0.1) is 10.2 Å². The molecular formula is C17H21ClN4O2. The van der Waals surface area contributed by atoms with E-state index < -0.39 is 0 Å². The molecule has 7 heteroatoms. The Morgan fingerprint density at radius 3 is 2.62 bits per heavy atom. The molecule has 1 saturated heterocycles. The number of hydrogen-bond acceptors (Lipinski definition) is 4. The van der Waals surface area contributed by atoms with E-state index in [0.717, 1.165) is 37.5 Å². The van der Waals surface area contributed by atoms with Crippen LogP contribution in [-0.2, 0) is 11.8 Å². The topological polar surface area (TPSA) is 60.2 Å². The van der Waals surface area contributed by atoms with E-state index in [0.29, 0.717) is 24.0 Å². The van der Waals surface area contributed by atoms with Crippen molar-refractivity contribution in [1.82, 2.24) is 19.7 Å². The molecule has 0 atom stereocenters. The van der Waals surface area contributed by atoms with Crippen molar-refractivity contribution in [2.45, 2.75) is 25.2 Å². The van der Waals surface area contributed by atoms with E-state index in [-0.39, 0.29) is 5.91 Å². The van der Waals surface area contributed by atoms with Gasteiger partial charge in [-0.1, -0.05) is 11.6 Å². The first-order chi connectivity index (χ1) is 11.6. The fourth-order valence-electron chi connectivity index (χ4n) is 2.99. The molecule has 1 fully saturated rings. The smallest absolute Gasteiger partial charge is 0.225 e. The second-order valence-corrected chi connectivity index (χ2v) is 6.44. The SMILES string of the molecule is Cn1cnnc1C1CCN(C(=O)CCOc2ccc(Cl)cc2)CC1. The number of halogens is 1. The molecule has 1 aromatic heterocycles. The maximum absolute atomic E-state index is 12.3. The molecule has 0 bridgehead atoms. The van der Waals surface area contributed by atoms with Crippen LogP contribution in [0.1, 0.15) is 31.0 Å². The number of piperidine rings is 1. The fraction of sp³-hybridized carbons (Fsp3) is 0.471. The second kappa shape index (κ2) is 7.66. The Bertz CT molecular complexity index is 678. The molecule has 1 aliphatic heterocycles. The lowest BCUT2D eigenvalue weighted by Gasteiger charge is -2.31. The van der Waals surface area contributed by atoms with Gasteiger partial charge in [0.05, 0.1) is 13.0 Å². The number of likely N-dealkylation sites (tertiary alicyclic amines) is 1. The third-order valence-electron chi connectivity index (χ3n) is 4.36. The Labute approximate surface area is 146 Å². The minimum atomic E-state index is 0.139. The lowest BCUT2D eigenvalue weighted by molar-refractivity contribution is -0.132. The van der Waals surface area contributed by atoms with Crippen LogP contribution in [0.15, 0.2) is 30.6 Å². The van der Waals surface area contributed by atoms with Gasteiger partial charge in [-0.3, -0.25) is 4.79 Å². The summed E-state index contributed by atoms with van der Waals surface area (Å²) in [6, 6.07) is 7.16. The van der Waals surface area contributed by atoms with Gasteiger partial charge in [-0.05, 0) is 37.1 Å². The van der Waals surface area contributed by atoms with Gasteiger partial charge in [-0.2, -0.15) is 0 Å². The highest BCUT2D eigenvalue weighted by Gasteiger charge is 2.26. The highest BCUT2D eigenvalue weighted by Crippen LogP contribution is 2.26. The molecule has 0 saturated carbocycles. The number of hydrogen-bond donors (Lipinski definition) is 0. The van der Waals surface area contributed by atoms with Crippen LogP contribution >= 0.6 is 11.6 Å². The molecule has 1 amide bonds. The van der Waals surface area contributed by atoms with Crippen LogP contribution in [0.25, 0.3) is 0 Å². The zero-order chi connectivity index (χ0) is 16.9. The van der Waals surface area contributed by atoms with Crippen LogP contribution in [0.2, 0.25) is 5.02 Å². The molecule has 1 aromatic carbocycles. The summed E-state index contributed by atoms with van der Waals surface area (Å²) in [5, 5.41) is 8.78. The Balaban J connectivity index is 1.42. The summed E-state index contributed by atoms with van der Waals surface area (Å²) < 4.78 is 7.55. The van der Waals surface area contributed by atoms with Crippen LogP contribution in [0.4, 0.5) is 0 Å². The van der Waals surface area contributed by atoms with Gasteiger partial charge in [0, 0.05) is 31.1 Å². The average Bonchev–Trinajstić information content (AvgIpc) is 3.03. The number of benzene rings is 1. The Morgan fingerprint density at radius 2 is 2.00 bits per heavy atom. The first-order valence-corrected chi connectivity index (χ1v) is 8.51. The van der Waals surface area contributed by atoms with E-state index >= 15 is 0 Å². The number of nitrogens with zero attached hydrogens (tertiary/aromatic N) is 4. The van der Waals surface area contributed by atoms with E-state index in [1.165, 1.54) is 0 Å². The molecule has 128 valence electrons. The highest BCUT2D eigenvalue weighted by atomic mass is 35.5. The summed E-state index contributed by atoms with van der Waals surface area (Å²) in [4.78, 5) is 14.2. The molecule has 0 radical (unpaired) electrons. The second-order valence-electron chi connectivity index (χ2n) is 6.01. The fourth-order valence-corrected chi connectivity index (χ4v) is 3.12.